The molecule has 0 radical (unpaired) electrons. The van der Waals surface area contributed by atoms with E-state index in [9.17, 15) is 14.4 Å². The van der Waals surface area contributed by atoms with Gasteiger partial charge in [-0.1, -0.05) is 0 Å². The predicted octanol–water partition coefficient (Wildman–Crippen LogP) is -0.662. The van der Waals surface area contributed by atoms with Crippen LogP contribution in [0.1, 0.15) is 16.9 Å². The minimum Gasteiger partial charge on any atom is -0.469 e. The van der Waals surface area contributed by atoms with E-state index >= 15 is 0 Å². The van der Waals surface area contributed by atoms with Crippen LogP contribution in [0.5, 0.6) is 0 Å². The number of nitrogens with zero attached hydrogens (tertiary/aromatic N) is 1. The Labute approximate surface area is 96.8 Å². The van der Waals surface area contributed by atoms with Crippen molar-refractivity contribution in [3.63, 3.8) is 0 Å². The minimum absolute atomic E-state index is 0.209. The van der Waals surface area contributed by atoms with Crippen molar-refractivity contribution >= 4 is 11.9 Å². The molecule has 0 bridgehead atoms. The zero-order valence-electron chi connectivity index (χ0n) is 9.36. The maximum Gasteiger partial charge on any atom is 0.323 e. The van der Waals surface area contributed by atoms with Crippen LogP contribution >= 0.6 is 0 Å². The number of carbonyl (C=O) groups excluding carboxylic acids is 2. The number of hydrogen-bond donors (Lipinski definition) is 2. The molecule has 0 spiro atoms. The van der Waals surface area contributed by atoms with E-state index in [1.165, 1.54) is 18.2 Å². The van der Waals surface area contributed by atoms with Gasteiger partial charge in [0.2, 0.25) is 0 Å². The molecule has 1 aliphatic heterocycles. The second kappa shape index (κ2) is 4.44. The highest BCUT2D eigenvalue weighted by molar-refractivity contribution is 5.92. The fourth-order valence-electron chi connectivity index (χ4n) is 1.92. The molecule has 0 aromatic carbocycles. The molecule has 1 fully saturated rings. The van der Waals surface area contributed by atoms with Crippen LogP contribution in [0, 0.1) is 5.92 Å². The van der Waals surface area contributed by atoms with Gasteiger partial charge in [0.1, 0.15) is 5.69 Å². The first-order chi connectivity index (χ1) is 8.11. The second-order valence-corrected chi connectivity index (χ2v) is 3.92. The van der Waals surface area contributed by atoms with Crippen LogP contribution < -0.4 is 5.69 Å². The molecule has 1 aliphatic rings. The van der Waals surface area contributed by atoms with E-state index in [4.69, 9.17) is 0 Å². The highest BCUT2D eigenvalue weighted by Gasteiger charge is 2.32. The van der Waals surface area contributed by atoms with Crippen molar-refractivity contribution in [1.82, 2.24) is 14.9 Å². The first-order valence-electron chi connectivity index (χ1n) is 5.26. The van der Waals surface area contributed by atoms with Crippen LogP contribution in [-0.4, -0.2) is 46.9 Å². The lowest BCUT2D eigenvalue weighted by molar-refractivity contribution is -0.144. The second-order valence-electron chi connectivity index (χ2n) is 3.92. The minimum atomic E-state index is -0.419. The van der Waals surface area contributed by atoms with Gasteiger partial charge in [0.25, 0.3) is 5.91 Å². The summed E-state index contributed by atoms with van der Waals surface area (Å²) in [6.07, 6.45) is 1.92. The van der Waals surface area contributed by atoms with Gasteiger partial charge >= 0.3 is 11.7 Å². The lowest BCUT2D eigenvalue weighted by Gasteiger charge is -2.14. The summed E-state index contributed by atoms with van der Waals surface area (Å²) in [4.78, 5) is 40.4. The van der Waals surface area contributed by atoms with E-state index in [2.05, 4.69) is 14.7 Å². The fraction of sp³-hybridized carbons (Fsp3) is 0.500. The van der Waals surface area contributed by atoms with Crippen LogP contribution in [0.15, 0.2) is 11.0 Å². The van der Waals surface area contributed by atoms with Crippen molar-refractivity contribution < 1.29 is 14.3 Å². The summed E-state index contributed by atoms with van der Waals surface area (Å²) in [5, 5.41) is 0. The van der Waals surface area contributed by atoms with Crippen LogP contribution in [0.3, 0.4) is 0 Å². The van der Waals surface area contributed by atoms with Crippen molar-refractivity contribution in [2.24, 2.45) is 5.92 Å². The molecule has 2 heterocycles. The average Bonchev–Trinajstić information content (AvgIpc) is 2.95. The highest BCUT2D eigenvalue weighted by atomic mass is 16.5. The molecule has 0 aliphatic carbocycles. The van der Waals surface area contributed by atoms with Crippen molar-refractivity contribution in [3.8, 4) is 0 Å². The molecule has 1 atom stereocenters. The molecule has 2 rings (SSSR count). The number of aromatic amines is 2. The number of H-pyrrole nitrogens is 2. The Morgan fingerprint density at radius 1 is 1.53 bits per heavy atom. The summed E-state index contributed by atoms with van der Waals surface area (Å²) >= 11 is 0. The normalized spacial score (nSPS) is 19.4. The van der Waals surface area contributed by atoms with Gasteiger partial charge in [0.15, 0.2) is 0 Å². The number of esters is 1. The summed E-state index contributed by atoms with van der Waals surface area (Å²) in [5.41, 5.74) is -0.211. The molecule has 17 heavy (non-hydrogen) atoms. The van der Waals surface area contributed by atoms with E-state index in [0.717, 1.165) is 0 Å². The van der Waals surface area contributed by atoms with Gasteiger partial charge in [-0.05, 0) is 6.42 Å². The molecule has 0 saturated carbocycles. The number of likely N-dealkylation sites (tertiary alicyclic amines) is 1. The molecule has 1 aromatic rings. The van der Waals surface area contributed by atoms with Crippen molar-refractivity contribution in [2.45, 2.75) is 6.42 Å². The Morgan fingerprint density at radius 3 is 2.88 bits per heavy atom. The zero-order chi connectivity index (χ0) is 12.4. The Balaban J connectivity index is 2.04. The zero-order valence-corrected chi connectivity index (χ0v) is 9.36. The predicted molar refractivity (Wildman–Crippen MR) is 57.4 cm³/mol. The first kappa shape index (κ1) is 11.4. The Morgan fingerprint density at radius 2 is 2.29 bits per heavy atom. The van der Waals surface area contributed by atoms with Gasteiger partial charge in [-0.2, -0.15) is 0 Å². The van der Waals surface area contributed by atoms with Gasteiger partial charge < -0.3 is 19.6 Å². The monoisotopic (exact) mass is 239 g/mol. The Kier molecular flexibility index (Phi) is 2.99. The molecule has 2 N–H and O–H groups in total. The third kappa shape index (κ3) is 2.22. The summed E-state index contributed by atoms with van der Waals surface area (Å²) in [5.74, 6) is -0.854. The van der Waals surface area contributed by atoms with E-state index in [0.29, 0.717) is 19.5 Å². The Hall–Kier alpha value is -2.05. The molecule has 1 aromatic heterocycles. The molecular formula is C10H13N3O4. The van der Waals surface area contributed by atoms with E-state index in [1.54, 1.807) is 0 Å². The molecule has 92 valence electrons. The summed E-state index contributed by atoms with van der Waals surface area (Å²) < 4.78 is 4.63. The number of ether oxygens (including phenoxy) is 1. The number of aromatic nitrogens is 2. The quantitative estimate of drug-likeness (QED) is 0.669. The van der Waals surface area contributed by atoms with E-state index in [-0.39, 0.29) is 23.5 Å². The van der Waals surface area contributed by atoms with Crippen LogP contribution in [0.25, 0.3) is 0 Å². The van der Waals surface area contributed by atoms with Gasteiger partial charge in [0, 0.05) is 19.3 Å². The van der Waals surface area contributed by atoms with Crippen LogP contribution in [0.4, 0.5) is 0 Å². The molecule has 7 nitrogen and oxygen atoms in total. The lowest BCUT2D eigenvalue weighted by Crippen LogP contribution is -2.30. The third-order valence-corrected chi connectivity index (χ3v) is 2.84. The van der Waals surface area contributed by atoms with Crippen molar-refractivity contribution in [3.05, 3.63) is 22.4 Å². The number of carbonyl (C=O) groups is 2. The smallest absolute Gasteiger partial charge is 0.323 e. The van der Waals surface area contributed by atoms with Crippen molar-refractivity contribution in [1.29, 1.82) is 0 Å². The lowest BCUT2D eigenvalue weighted by atomic mass is 10.1. The summed E-state index contributed by atoms with van der Waals surface area (Å²) in [7, 11) is 1.33. The van der Waals surface area contributed by atoms with Gasteiger partial charge in [-0.25, -0.2) is 4.79 Å². The number of methoxy groups -OCH3 is 1. The average molecular weight is 239 g/mol. The molecule has 1 amide bonds. The molecular weight excluding hydrogens is 226 g/mol. The SMILES string of the molecule is COC(=O)C1CCN(C(=O)c2c[nH]c(=O)[nH]2)C1. The van der Waals surface area contributed by atoms with Gasteiger partial charge in [-0.15, -0.1) is 0 Å². The topological polar surface area (TPSA) is 95.3 Å². The molecule has 1 saturated heterocycles. The van der Waals surface area contributed by atoms with Crippen LogP contribution in [-0.2, 0) is 9.53 Å². The Bertz CT molecular complexity index is 490. The van der Waals surface area contributed by atoms with Gasteiger partial charge in [0.05, 0.1) is 13.0 Å². The number of imidazole rings is 1. The van der Waals surface area contributed by atoms with Gasteiger partial charge in [-0.3, -0.25) is 9.59 Å². The highest BCUT2D eigenvalue weighted by Crippen LogP contribution is 2.18. The number of nitrogens with one attached hydrogen (secondary N) is 2. The fourth-order valence-corrected chi connectivity index (χ4v) is 1.92. The summed E-state index contributed by atoms with van der Waals surface area (Å²) in [6, 6.07) is 0. The third-order valence-electron chi connectivity index (χ3n) is 2.84. The maximum atomic E-state index is 11.9. The maximum absolute atomic E-state index is 11.9. The van der Waals surface area contributed by atoms with Crippen LogP contribution in [0.2, 0.25) is 0 Å². The number of hydrogen-bond acceptors (Lipinski definition) is 4. The number of amides is 1. The number of rotatable bonds is 2. The first-order valence-corrected chi connectivity index (χ1v) is 5.26. The summed E-state index contributed by atoms with van der Waals surface area (Å²) in [6.45, 7) is 0.824. The molecule has 1 unspecified atom stereocenters. The molecule has 7 heteroatoms. The standard InChI is InChI=1S/C10H13N3O4/c1-17-9(15)6-2-3-13(5-6)8(14)7-4-11-10(16)12-7/h4,6H,2-3,5H2,1H3,(H2,11,12,16). The van der Waals surface area contributed by atoms with Crippen molar-refractivity contribution in [2.75, 3.05) is 20.2 Å². The largest absolute Gasteiger partial charge is 0.469 e. The van der Waals surface area contributed by atoms with E-state index < -0.39 is 5.69 Å². The van der Waals surface area contributed by atoms with E-state index in [1.807, 2.05) is 0 Å².